The molecule has 250 valence electrons. The van der Waals surface area contributed by atoms with Crippen molar-refractivity contribution in [1.82, 2.24) is 19.8 Å². The zero-order valence-electron chi connectivity index (χ0n) is 27.4. The number of ether oxygens (including phenoxy) is 3. The summed E-state index contributed by atoms with van der Waals surface area (Å²) in [5.74, 6) is 1.02. The topological polar surface area (TPSA) is 135 Å². The largest absolute Gasteiger partial charge is 0.382 e. The first-order valence-electron chi connectivity index (χ1n) is 16.2. The van der Waals surface area contributed by atoms with E-state index in [1.807, 2.05) is 7.05 Å². The number of carbonyl (C=O) groups excluding carboxylic acids is 1. The number of aromatic nitrogens is 2. The number of carbonyl (C=O) groups is 1. The van der Waals surface area contributed by atoms with E-state index in [2.05, 4.69) is 68.4 Å². The first-order valence-corrected chi connectivity index (χ1v) is 16.2. The summed E-state index contributed by atoms with van der Waals surface area (Å²) in [6.07, 6.45) is 5.73. The average molecular weight is 628 g/mol. The third kappa shape index (κ3) is 12.6. The van der Waals surface area contributed by atoms with Gasteiger partial charge in [-0.3, -0.25) is 14.3 Å². The third-order valence-corrected chi connectivity index (χ3v) is 7.95. The maximum Gasteiger partial charge on any atom is 0.328 e. The lowest BCUT2D eigenvalue weighted by atomic mass is 9.93. The number of piperidine rings is 1. The number of rotatable bonds is 21. The Morgan fingerprint density at radius 1 is 1.02 bits per heavy atom. The molecule has 2 aromatic rings. The van der Waals surface area contributed by atoms with Crippen molar-refractivity contribution in [1.29, 1.82) is 0 Å². The number of likely N-dealkylation sites (tertiary alicyclic amines) is 1. The minimum atomic E-state index is -0.413. The van der Waals surface area contributed by atoms with E-state index in [4.69, 9.17) is 14.2 Å². The molecule has 45 heavy (non-hydrogen) atoms. The van der Waals surface area contributed by atoms with E-state index in [-0.39, 0.29) is 24.6 Å². The quantitative estimate of drug-likeness (QED) is 0.109. The van der Waals surface area contributed by atoms with Crippen molar-refractivity contribution in [3.8, 4) is 0 Å². The normalized spacial score (nSPS) is 14.6. The van der Waals surface area contributed by atoms with Gasteiger partial charge in [0.15, 0.2) is 5.84 Å². The Labute approximate surface area is 267 Å². The Balaban J connectivity index is 1.63. The maximum atomic E-state index is 13.2. The SMILES string of the molecule is C=NC(=NC(=O)CCOCCOCCOC)c1[nH]c(=O)n(Cc2ccc(CN3CCC(CCNC)CC3)cc2)c1NCCCC. The van der Waals surface area contributed by atoms with E-state index in [9.17, 15) is 9.59 Å². The molecule has 3 rings (SSSR count). The van der Waals surface area contributed by atoms with Crippen molar-refractivity contribution in [2.24, 2.45) is 15.9 Å². The molecule has 0 spiro atoms. The van der Waals surface area contributed by atoms with Gasteiger partial charge >= 0.3 is 5.69 Å². The summed E-state index contributed by atoms with van der Waals surface area (Å²) in [4.78, 5) is 39.3. The van der Waals surface area contributed by atoms with Crippen LogP contribution in [0.15, 0.2) is 39.0 Å². The number of benzene rings is 1. The molecule has 1 aliphatic rings. The summed E-state index contributed by atoms with van der Waals surface area (Å²) in [6.45, 7) is 13.0. The number of amidine groups is 1. The van der Waals surface area contributed by atoms with Gasteiger partial charge < -0.3 is 29.8 Å². The van der Waals surface area contributed by atoms with Crippen LogP contribution in [0.25, 0.3) is 0 Å². The average Bonchev–Trinajstić information content (AvgIpc) is 3.35. The first-order chi connectivity index (χ1) is 22.0. The molecule has 1 aromatic heterocycles. The van der Waals surface area contributed by atoms with Gasteiger partial charge in [0.25, 0.3) is 0 Å². The van der Waals surface area contributed by atoms with Crippen molar-refractivity contribution in [2.45, 2.75) is 58.5 Å². The second-order valence-electron chi connectivity index (χ2n) is 11.4. The summed E-state index contributed by atoms with van der Waals surface area (Å²) in [5, 5.41) is 6.63. The molecule has 0 saturated carbocycles. The van der Waals surface area contributed by atoms with Gasteiger partial charge in [0.2, 0.25) is 5.91 Å². The van der Waals surface area contributed by atoms with Crippen LogP contribution in [0.2, 0.25) is 0 Å². The van der Waals surface area contributed by atoms with Crippen LogP contribution in [0, 0.1) is 5.92 Å². The lowest BCUT2D eigenvalue weighted by molar-refractivity contribution is -0.119. The lowest BCUT2D eigenvalue weighted by Crippen LogP contribution is -2.34. The second-order valence-corrected chi connectivity index (χ2v) is 11.4. The zero-order chi connectivity index (χ0) is 32.3. The molecular formula is C33H53N7O5. The molecule has 0 aliphatic carbocycles. The summed E-state index contributed by atoms with van der Waals surface area (Å²) < 4.78 is 17.4. The number of anilines is 1. The van der Waals surface area contributed by atoms with Crippen molar-refractivity contribution >= 4 is 24.3 Å². The number of methoxy groups -OCH3 is 1. The van der Waals surface area contributed by atoms with Crippen molar-refractivity contribution < 1.29 is 19.0 Å². The number of imidazole rings is 1. The molecule has 0 radical (unpaired) electrons. The van der Waals surface area contributed by atoms with Crippen molar-refractivity contribution in [3.63, 3.8) is 0 Å². The van der Waals surface area contributed by atoms with Crippen LogP contribution in [-0.4, -0.2) is 106 Å². The van der Waals surface area contributed by atoms with Crippen LogP contribution in [0.5, 0.6) is 0 Å². The van der Waals surface area contributed by atoms with Crippen LogP contribution >= 0.6 is 0 Å². The molecule has 1 fully saturated rings. The molecule has 1 aromatic carbocycles. The number of unbranched alkanes of at least 4 members (excludes halogenated alkanes) is 1. The standard InChI is InChI=1S/C33H53N7O5/c1-5-6-15-36-32-30(31(35-3)37-29(41)14-19-44-22-23-45-21-20-43-4)38-33(42)40(32)25-28-9-7-27(8-10-28)24-39-17-12-26(13-18-39)11-16-34-2/h7-10,26,34,36H,3,5-6,11-25H2,1-2,4H3,(H,38,42). The van der Waals surface area contributed by atoms with Crippen molar-refractivity contribution in [2.75, 3.05) is 78.7 Å². The molecule has 12 nitrogen and oxygen atoms in total. The molecule has 1 amide bonds. The zero-order valence-corrected chi connectivity index (χ0v) is 27.4. The van der Waals surface area contributed by atoms with Crippen LogP contribution in [0.4, 0.5) is 5.82 Å². The number of hydrogen-bond donors (Lipinski definition) is 3. The predicted molar refractivity (Wildman–Crippen MR) is 180 cm³/mol. The Morgan fingerprint density at radius 3 is 2.33 bits per heavy atom. The van der Waals surface area contributed by atoms with Gasteiger partial charge in [-0.25, -0.2) is 9.79 Å². The van der Waals surface area contributed by atoms with E-state index in [0.29, 0.717) is 51.0 Å². The van der Waals surface area contributed by atoms with Crippen LogP contribution < -0.4 is 16.3 Å². The number of aliphatic imine (C=N–C) groups is 2. The van der Waals surface area contributed by atoms with Crippen LogP contribution in [0.3, 0.4) is 0 Å². The van der Waals surface area contributed by atoms with E-state index in [1.165, 1.54) is 24.8 Å². The number of hydrogen-bond acceptors (Lipinski definition) is 8. The summed E-state index contributed by atoms with van der Waals surface area (Å²) in [6, 6.07) is 8.46. The van der Waals surface area contributed by atoms with Crippen molar-refractivity contribution in [3.05, 3.63) is 51.6 Å². The molecule has 1 aliphatic heterocycles. The smallest absolute Gasteiger partial charge is 0.328 e. The third-order valence-electron chi connectivity index (χ3n) is 7.95. The minimum Gasteiger partial charge on any atom is -0.382 e. The summed E-state index contributed by atoms with van der Waals surface area (Å²) in [5.41, 5.74) is 2.30. The van der Waals surface area contributed by atoms with Crippen LogP contribution in [-0.2, 0) is 32.1 Å². The maximum absolute atomic E-state index is 13.2. The Morgan fingerprint density at radius 2 is 1.69 bits per heavy atom. The molecule has 0 bridgehead atoms. The van der Waals surface area contributed by atoms with E-state index >= 15 is 0 Å². The molecule has 0 atom stereocenters. The van der Waals surface area contributed by atoms with E-state index in [0.717, 1.165) is 50.5 Å². The number of amides is 1. The van der Waals surface area contributed by atoms with Gasteiger partial charge in [0, 0.05) is 20.2 Å². The summed E-state index contributed by atoms with van der Waals surface area (Å²) >= 11 is 0. The fourth-order valence-corrected chi connectivity index (χ4v) is 5.29. The Kier molecular flexibility index (Phi) is 16.8. The Hall–Kier alpha value is -3.16. The molecular weight excluding hydrogens is 574 g/mol. The molecule has 3 N–H and O–H groups in total. The molecule has 12 heteroatoms. The van der Waals surface area contributed by atoms with Gasteiger partial charge in [-0.15, -0.1) is 0 Å². The summed E-state index contributed by atoms with van der Waals surface area (Å²) in [7, 11) is 3.63. The van der Waals surface area contributed by atoms with Gasteiger partial charge in [-0.05, 0) is 76.1 Å². The number of nitrogens with zero attached hydrogens (tertiary/aromatic N) is 4. The number of nitrogens with one attached hydrogen (secondary N) is 3. The second kappa shape index (κ2) is 20.8. The van der Waals surface area contributed by atoms with Gasteiger partial charge in [0.05, 0.1) is 46.0 Å². The van der Waals surface area contributed by atoms with E-state index in [1.54, 1.807) is 11.7 Å². The highest BCUT2D eigenvalue weighted by atomic mass is 16.5. The van der Waals surface area contributed by atoms with Crippen LogP contribution in [0.1, 0.15) is 62.3 Å². The number of aromatic amines is 1. The van der Waals surface area contributed by atoms with Gasteiger partial charge in [0.1, 0.15) is 11.5 Å². The molecule has 2 heterocycles. The van der Waals surface area contributed by atoms with Gasteiger partial charge in [-0.1, -0.05) is 37.6 Å². The van der Waals surface area contributed by atoms with Gasteiger partial charge in [-0.2, -0.15) is 4.99 Å². The highest BCUT2D eigenvalue weighted by Crippen LogP contribution is 2.22. The minimum absolute atomic E-state index is 0.0708. The molecule has 0 unspecified atom stereocenters. The number of H-pyrrole nitrogens is 1. The highest BCUT2D eigenvalue weighted by Gasteiger charge is 2.21. The Bertz CT molecular complexity index is 1230. The molecule has 1 saturated heterocycles. The fraction of sp³-hybridized carbons (Fsp3) is 0.636. The predicted octanol–water partition coefficient (Wildman–Crippen LogP) is 3.30. The highest BCUT2D eigenvalue weighted by molar-refractivity contribution is 6.08. The monoisotopic (exact) mass is 627 g/mol. The lowest BCUT2D eigenvalue weighted by Gasteiger charge is -2.32. The fourth-order valence-electron chi connectivity index (χ4n) is 5.29. The first kappa shape index (κ1) is 36.3. The van der Waals surface area contributed by atoms with E-state index < -0.39 is 5.91 Å².